The molecule has 0 radical (unpaired) electrons. The second-order valence-electron chi connectivity index (χ2n) is 7.63. The number of hydrogen-bond acceptors (Lipinski definition) is 6. The molecule has 156 valence electrons. The van der Waals surface area contributed by atoms with Crippen molar-refractivity contribution < 1.29 is 19.4 Å². The number of phenolic OH excluding ortho intramolecular Hbond substituents is 1. The molecule has 0 bridgehead atoms. The summed E-state index contributed by atoms with van der Waals surface area (Å²) in [6.07, 6.45) is 0.710. The fourth-order valence-electron chi connectivity index (χ4n) is 3.31. The summed E-state index contributed by atoms with van der Waals surface area (Å²) in [5.41, 5.74) is 1.63. The molecule has 1 aromatic carbocycles. The number of carbonyl (C=O) groups is 2. The summed E-state index contributed by atoms with van der Waals surface area (Å²) in [5, 5.41) is 15.1. The first-order valence-electron chi connectivity index (χ1n) is 9.78. The average molecular weight is 418 g/mol. The first-order valence-corrected chi connectivity index (χ1v) is 10.7. The Morgan fingerprint density at radius 3 is 2.69 bits per heavy atom. The Hall–Kier alpha value is -2.45. The third kappa shape index (κ3) is 5.33. The highest BCUT2D eigenvalue weighted by molar-refractivity contribution is 7.09. The molecule has 0 aliphatic carbocycles. The highest BCUT2D eigenvalue weighted by Crippen LogP contribution is 2.26. The maximum absolute atomic E-state index is 12.8. The molecule has 2 aromatic rings. The standard InChI is InChI=1S/C21H27N3O4S/c1-13(2)10-17(22-19(26)16-5-4-15(25)11-14(16)3)20-23-18(12-29-20)21(27)24-6-8-28-9-7-24/h4-5,11-13,17,25H,6-10H2,1-3H3,(H,22,26)/t17-/m1/s1. The Balaban J connectivity index is 1.77. The van der Waals surface area contributed by atoms with Crippen LogP contribution in [-0.4, -0.2) is 53.1 Å². The largest absolute Gasteiger partial charge is 0.508 e. The number of amides is 2. The molecule has 1 atom stereocenters. The van der Waals surface area contributed by atoms with E-state index in [4.69, 9.17) is 4.74 Å². The monoisotopic (exact) mass is 417 g/mol. The number of ether oxygens (including phenoxy) is 1. The van der Waals surface area contributed by atoms with E-state index in [1.807, 2.05) is 0 Å². The first-order chi connectivity index (χ1) is 13.8. The lowest BCUT2D eigenvalue weighted by atomic mass is 10.0. The van der Waals surface area contributed by atoms with Gasteiger partial charge >= 0.3 is 0 Å². The van der Waals surface area contributed by atoms with Crippen LogP contribution in [0.25, 0.3) is 0 Å². The molecule has 1 aliphatic rings. The molecule has 0 spiro atoms. The molecule has 2 N–H and O–H groups in total. The van der Waals surface area contributed by atoms with Crippen molar-refractivity contribution >= 4 is 23.2 Å². The minimum Gasteiger partial charge on any atom is -0.508 e. The topological polar surface area (TPSA) is 91.8 Å². The second kappa shape index (κ2) is 9.37. The van der Waals surface area contributed by atoms with Gasteiger partial charge in [0, 0.05) is 24.0 Å². The van der Waals surface area contributed by atoms with Crippen LogP contribution in [0.5, 0.6) is 5.75 Å². The summed E-state index contributed by atoms with van der Waals surface area (Å²) < 4.78 is 5.30. The summed E-state index contributed by atoms with van der Waals surface area (Å²) in [7, 11) is 0. The molecule has 1 fully saturated rings. The Morgan fingerprint density at radius 1 is 1.31 bits per heavy atom. The maximum atomic E-state index is 12.8. The highest BCUT2D eigenvalue weighted by atomic mass is 32.1. The van der Waals surface area contributed by atoms with Crippen LogP contribution in [0.3, 0.4) is 0 Å². The van der Waals surface area contributed by atoms with Gasteiger partial charge in [-0.2, -0.15) is 0 Å². The minimum absolute atomic E-state index is 0.0974. The average Bonchev–Trinajstić information content (AvgIpc) is 3.17. The van der Waals surface area contributed by atoms with Crippen molar-refractivity contribution in [3.8, 4) is 5.75 Å². The van der Waals surface area contributed by atoms with Crippen molar-refractivity contribution in [2.24, 2.45) is 5.92 Å². The normalized spacial score (nSPS) is 15.4. The van der Waals surface area contributed by atoms with E-state index in [-0.39, 0.29) is 23.6 Å². The van der Waals surface area contributed by atoms with Gasteiger partial charge in [0.2, 0.25) is 0 Å². The van der Waals surface area contributed by atoms with E-state index >= 15 is 0 Å². The fraction of sp³-hybridized carbons (Fsp3) is 0.476. The van der Waals surface area contributed by atoms with Gasteiger partial charge in [0.1, 0.15) is 16.5 Å². The van der Waals surface area contributed by atoms with Crippen LogP contribution in [0.2, 0.25) is 0 Å². The maximum Gasteiger partial charge on any atom is 0.273 e. The zero-order chi connectivity index (χ0) is 21.0. The quantitative estimate of drug-likeness (QED) is 0.753. The Labute approximate surface area is 174 Å². The molecule has 1 aromatic heterocycles. The third-order valence-corrected chi connectivity index (χ3v) is 5.76. The Kier molecular flexibility index (Phi) is 6.87. The van der Waals surface area contributed by atoms with Gasteiger partial charge in [-0.15, -0.1) is 11.3 Å². The second-order valence-corrected chi connectivity index (χ2v) is 8.52. The molecule has 1 saturated heterocycles. The molecule has 1 aliphatic heterocycles. The summed E-state index contributed by atoms with van der Waals surface area (Å²) in [4.78, 5) is 31.8. The molecule has 2 amide bonds. The first kappa shape index (κ1) is 21.3. The predicted octanol–water partition coefficient (Wildman–Crippen LogP) is 3.15. The van der Waals surface area contributed by atoms with Crippen LogP contribution in [0.4, 0.5) is 0 Å². The summed E-state index contributed by atoms with van der Waals surface area (Å²) in [6, 6.07) is 4.39. The zero-order valence-electron chi connectivity index (χ0n) is 17.0. The van der Waals surface area contributed by atoms with Crippen molar-refractivity contribution in [1.82, 2.24) is 15.2 Å². The molecule has 2 heterocycles. The molecule has 3 rings (SSSR count). The van der Waals surface area contributed by atoms with Gasteiger partial charge in [-0.1, -0.05) is 13.8 Å². The van der Waals surface area contributed by atoms with Crippen LogP contribution in [0, 0.1) is 12.8 Å². The number of hydrogen-bond donors (Lipinski definition) is 2. The fourth-order valence-corrected chi connectivity index (χ4v) is 4.16. The van der Waals surface area contributed by atoms with Crippen LogP contribution < -0.4 is 5.32 Å². The number of thiazole rings is 1. The number of aromatic nitrogens is 1. The SMILES string of the molecule is Cc1cc(O)ccc1C(=O)N[C@H](CC(C)C)c1nc(C(=O)N2CCOCC2)cs1. The number of aryl methyl sites for hydroxylation is 1. The number of rotatable bonds is 6. The van der Waals surface area contributed by atoms with Crippen molar-refractivity contribution in [3.63, 3.8) is 0 Å². The number of carbonyl (C=O) groups excluding carboxylic acids is 2. The van der Waals surface area contributed by atoms with Gasteiger partial charge in [-0.05, 0) is 43.0 Å². The van der Waals surface area contributed by atoms with Gasteiger partial charge in [0.05, 0.1) is 19.3 Å². The third-order valence-electron chi connectivity index (χ3n) is 4.80. The predicted molar refractivity (Wildman–Crippen MR) is 111 cm³/mol. The van der Waals surface area contributed by atoms with Crippen molar-refractivity contribution in [2.75, 3.05) is 26.3 Å². The summed E-state index contributed by atoms with van der Waals surface area (Å²) >= 11 is 1.39. The van der Waals surface area contributed by atoms with E-state index in [0.29, 0.717) is 55.5 Å². The Bertz CT molecular complexity index is 875. The van der Waals surface area contributed by atoms with Crippen LogP contribution in [0.1, 0.15) is 57.7 Å². The van der Waals surface area contributed by atoms with Crippen LogP contribution in [0.15, 0.2) is 23.6 Å². The van der Waals surface area contributed by atoms with E-state index in [9.17, 15) is 14.7 Å². The van der Waals surface area contributed by atoms with E-state index in [0.717, 1.165) is 5.01 Å². The van der Waals surface area contributed by atoms with Gasteiger partial charge in [0.15, 0.2) is 0 Å². The number of nitrogens with one attached hydrogen (secondary N) is 1. The highest BCUT2D eigenvalue weighted by Gasteiger charge is 2.25. The van der Waals surface area contributed by atoms with Gasteiger partial charge in [-0.3, -0.25) is 9.59 Å². The van der Waals surface area contributed by atoms with Crippen molar-refractivity contribution in [1.29, 1.82) is 0 Å². The number of morpholine rings is 1. The van der Waals surface area contributed by atoms with Crippen molar-refractivity contribution in [3.05, 3.63) is 45.4 Å². The Morgan fingerprint density at radius 2 is 2.03 bits per heavy atom. The molecule has 7 nitrogen and oxygen atoms in total. The van der Waals surface area contributed by atoms with Gasteiger partial charge in [0.25, 0.3) is 11.8 Å². The molecule has 0 unspecified atom stereocenters. The lowest BCUT2D eigenvalue weighted by molar-refractivity contribution is 0.0299. The van der Waals surface area contributed by atoms with E-state index in [1.54, 1.807) is 29.3 Å². The van der Waals surface area contributed by atoms with E-state index < -0.39 is 0 Å². The number of phenols is 1. The summed E-state index contributed by atoms with van der Waals surface area (Å²) in [5.74, 6) is 0.150. The van der Waals surface area contributed by atoms with E-state index in [2.05, 4.69) is 24.1 Å². The number of aromatic hydroxyl groups is 1. The zero-order valence-corrected chi connectivity index (χ0v) is 17.8. The van der Waals surface area contributed by atoms with Gasteiger partial charge < -0.3 is 20.1 Å². The molecular weight excluding hydrogens is 390 g/mol. The van der Waals surface area contributed by atoms with Gasteiger partial charge in [-0.25, -0.2) is 4.98 Å². The number of nitrogens with zero attached hydrogens (tertiary/aromatic N) is 2. The smallest absolute Gasteiger partial charge is 0.273 e. The lowest BCUT2D eigenvalue weighted by Gasteiger charge is -2.26. The summed E-state index contributed by atoms with van der Waals surface area (Å²) in [6.45, 7) is 8.17. The number of benzene rings is 1. The van der Waals surface area contributed by atoms with Crippen LogP contribution in [-0.2, 0) is 4.74 Å². The minimum atomic E-state index is -0.285. The van der Waals surface area contributed by atoms with Crippen molar-refractivity contribution in [2.45, 2.75) is 33.2 Å². The van der Waals surface area contributed by atoms with Crippen LogP contribution >= 0.6 is 11.3 Å². The van der Waals surface area contributed by atoms with E-state index in [1.165, 1.54) is 17.4 Å². The molecule has 0 saturated carbocycles. The molecule has 8 heteroatoms. The molecular formula is C21H27N3O4S. The lowest BCUT2D eigenvalue weighted by Crippen LogP contribution is -2.40. The molecule has 29 heavy (non-hydrogen) atoms.